The van der Waals surface area contributed by atoms with Crippen LogP contribution in [0.5, 0.6) is 0 Å². The third-order valence-corrected chi connectivity index (χ3v) is 2.18. The maximum absolute atomic E-state index is 13.4. The molecular formula is C11H11FN2O. The minimum atomic E-state index is -0.326. The van der Waals surface area contributed by atoms with Gasteiger partial charge >= 0.3 is 0 Å². The summed E-state index contributed by atoms with van der Waals surface area (Å²) in [4.78, 5) is 0. The Morgan fingerprint density at radius 2 is 2.13 bits per heavy atom. The molecule has 2 rings (SSSR count). The number of halogens is 1. The van der Waals surface area contributed by atoms with Gasteiger partial charge in [0.05, 0.1) is 12.3 Å². The van der Waals surface area contributed by atoms with Crippen molar-refractivity contribution in [2.24, 2.45) is 0 Å². The summed E-state index contributed by atoms with van der Waals surface area (Å²) in [5, 5.41) is 13.0. The predicted octanol–water partition coefficient (Wildman–Crippen LogP) is 1.81. The second kappa shape index (κ2) is 3.82. The molecule has 15 heavy (non-hydrogen) atoms. The molecule has 0 saturated heterocycles. The van der Waals surface area contributed by atoms with Gasteiger partial charge < -0.3 is 5.11 Å². The molecule has 78 valence electrons. The van der Waals surface area contributed by atoms with Gasteiger partial charge in [0.1, 0.15) is 11.5 Å². The lowest BCUT2D eigenvalue weighted by Crippen LogP contribution is -2.02. The van der Waals surface area contributed by atoms with E-state index in [1.807, 2.05) is 6.92 Å². The highest BCUT2D eigenvalue weighted by molar-refractivity contribution is 5.34. The van der Waals surface area contributed by atoms with Gasteiger partial charge in [0.15, 0.2) is 0 Å². The normalized spacial score (nSPS) is 10.6. The average Bonchev–Trinajstić information content (AvgIpc) is 2.60. The monoisotopic (exact) mass is 206 g/mol. The van der Waals surface area contributed by atoms with Crippen molar-refractivity contribution in [1.82, 2.24) is 9.78 Å². The van der Waals surface area contributed by atoms with Crippen LogP contribution in [0.25, 0.3) is 5.69 Å². The summed E-state index contributed by atoms with van der Waals surface area (Å²) in [5.41, 5.74) is 1.73. The third-order valence-electron chi connectivity index (χ3n) is 2.18. The van der Waals surface area contributed by atoms with E-state index in [9.17, 15) is 4.39 Å². The maximum Gasteiger partial charge on any atom is 0.148 e. The number of aromatic nitrogens is 2. The minimum Gasteiger partial charge on any atom is -0.390 e. The van der Waals surface area contributed by atoms with E-state index in [4.69, 9.17) is 5.11 Å². The molecule has 1 aromatic heterocycles. The van der Waals surface area contributed by atoms with Gasteiger partial charge in [-0.15, -0.1) is 0 Å². The van der Waals surface area contributed by atoms with Crippen molar-refractivity contribution < 1.29 is 9.50 Å². The van der Waals surface area contributed by atoms with Crippen molar-refractivity contribution in [3.05, 3.63) is 47.5 Å². The Balaban J connectivity index is 2.54. The molecule has 0 radical (unpaired) electrons. The first-order valence-electron chi connectivity index (χ1n) is 4.63. The van der Waals surface area contributed by atoms with Crippen molar-refractivity contribution in [3.63, 3.8) is 0 Å². The van der Waals surface area contributed by atoms with Gasteiger partial charge in [0.25, 0.3) is 0 Å². The van der Waals surface area contributed by atoms with Crippen molar-refractivity contribution >= 4 is 0 Å². The minimum absolute atomic E-state index is 0.137. The predicted molar refractivity (Wildman–Crippen MR) is 54.2 cm³/mol. The van der Waals surface area contributed by atoms with E-state index in [0.717, 1.165) is 5.69 Å². The van der Waals surface area contributed by atoms with Crippen LogP contribution in [0.3, 0.4) is 0 Å². The molecule has 0 unspecified atom stereocenters. The SMILES string of the molecule is Cc1cc(CO)nn1-c1ccccc1F. The molecule has 1 N–H and O–H groups in total. The molecule has 3 nitrogen and oxygen atoms in total. The lowest BCUT2D eigenvalue weighted by atomic mass is 10.3. The Labute approximate surface area is 86.8 Å². The van der Waals surface area contributed by atoms with Crippen LogP contribution in [0.15, 0.2) is 30.3 Å². The van der Waals surface area contributed by atoms with Gasteiger partial charge in [-0.25, -0.2) is 9.07 Å². The lowest BCUT2D eigenvalue weighted by molar-refractivity contribution is 0.276. The molecule has 0 aliphatic rings. The van der Waals surface area contributed by atoms with E-state index in [-0.39, 0.29) is 12.4 Å². The molecular weight excluding hydrogens is 195 g/mol. The van der Waals surface area contributed by atoms with Crippen LogP contribution in [0.2, 0.25) is 0 Å². The molecule has 0 amide bonds. The summed E-state index contributed by atoms with van der Waals surface area (Å²) in [5.74, 6) is -0.326. The van der Waals surface area contributed by atoms with Crippen molar-refractivity contribution in [1.29, 1.82) is 0 Å². The summed E-state index contributed by atoms with van der Waals surface area (Å²) in [6, 6.07) is 8.14. The van der Waals surface area contributed by atoms with E-state index in [1.165, 1.54) is 10.7 Å². The zero-order valence-electron chi connectivity index (χ0n) is 8.31. The Kier molecular flexibility index (Phi) is 2.51. The number of aliphatic hydroxyl groups excluding tert-OH is 1. The number of rotatable bonds is 2. The van der Waals surface area contributed by atoms with Crippen molar-refractivity contribution in [3.8, 4) is 5.69 Å². The first-order chi connectivity index (χ1) is 7.22. The summed E-state index contributed by atoms with van der Waals surface area (Å²) in [6.45, 7) is 1.68. The van der Waals surface area contributed by atoms with Crippen LogP contribution in [0, 0.1) is 12.7 Å². The van der Waals surface area contributed by atoms with E-state index in [1.54, 1.807) is 24.3 Å². The Hall–Kier alpha value is -1.68. The number of hydrogen-bond acceptors (Lipinski definition) is 2. The number of aliphatic hydroxyl groups is 1. The summed E-state index contributed by atoms with van der Waals surface area (Å²) in [6.07, 6.45) is 0. The zero-order valence-corrected chi connectivity index (χ0v) is 8.31. The molecule has 0 fully saturated rings. The fourth-order valence-corrected chi connectivity index (χ4v) is 1.48. The number of nitrogens with zero attached hydrogens (tertiary/aromatic N) is 2. The molecule has 0 atom stereocenters. The Morgan fingerprint density at radius 1 is 1.40 bits per heavy atom. The molecule has 0 aliphatic heterocycles. The van der Waals surface area contributed by atoms with Crippen LogP contribution in [-0.2, 0) is 6.61 Å². The van der Waals surface area contributed by atoms with Crippen LogP contribution in [-0.4, -0.2) is 14.9 Å². The number of aryl methyl sites for hydroxylation is 1. The molecule has 4 heteroatoms. The van der Waals surface area contributed by atoms with Gasteiger partial charge in [-0.3, -0.25) is 0 Å². The highest BCUT2D eigenvalue weighted by Gasteiger charge is 2.08. The quantitative estimate of drug-likeness (QED) is 0.813. The summed E-state index contributed by atoms with van der Waals surface area (Å²) in [7, 11) is 0. The summed E-state index contributed by atoms with van der Waals surface area (Å²) < 4.78 is 14.9. The van der Waals surface area contributed by atoms with Crippen LogP contribution in [0.1, 0.15) is 11.4 Å². The van der Waals surface area contributed by atoms with E-state index >= 15 is 0 Å². The first-order valence-corrected chi connectivity index (χ1v) is 4.63. The van der Waals surface area contributed by atoms with E-state index in [0.29, 0.717) is 11.4 Å². The fourth-order valence-electron chi connectivity index (χ4n) is 1.48. The van der Waals surface area contributed by atoms with Gasteiger partial charge in [0.2, 0.25) is 0 Å². The molecule has 0 saturated carbocycles. The third kappa shape index (κ3) is 1.76. The van der Waals surface area contributed by atoms with Crippen molar-refractivity contribution in [2.45, 2.75) is 13.5 Å². The van der Waals surface area contributed by atoms with E-state index in [2.05, 4.69) is 5.10 Å². The lowest BCUT2D eigenvalue weighted by Gasteiger charge is -2.04. The first kappa shape index (κ1) is 9.86. The smallest absolute Gasteiger partial charge is 0.148 e. The van der Waals surface area contributed by atoms with E-state index < -0.39 is 0 Å². The van der Waals surface area contributed by atoms with Gasteiger partial charge in [0, 0.05) is 5.69 Å². The highest BCUT2D eigenvalue weighted by atomic mass is 19.1. The number of benzene rings is 1. The summed E-state index contributed by atoms with van der Waals surface area (Å²) >= 11 is 0. The molecule has 0 spiro atoms. The molecule has 0 aliphatic carbocycles. The molecule has 2 aromatic rings. The average molecular weight is 206 g/mol. The van der Waals surface area contributed by atoms with Crippen LogP contribution < -0.4 is 0 Å². The fraction of sp³-hybridized carbons (Fsp3) is 0.182. The van der Waals surface area contributed by atoms with Gasteiger partial charge in [-0.2, -0.15) is 5.10 Å². The Morgan fingerprint density at radius 3 is 2.73 bits per heavy atom. The second-order valence-corrected chi connectivity index (χ2v) is 3.30. The highest BCUT2D eigenvalue weighted by Crippen LogP contribution is 2.15. The topological polar surface area (TPSA) is 38.1 Å². The second-order valence-electron chi connectivity index (χ2n) is 3.30. The van der Waals surface area contributed by atoms with Gasteiger partial charge in [-0.1, -0.05) is 12.1 Å². The zero-order chi connectivity index (χ0) is 10.8. The standard InChI is InChI=1S/C11H11FN2O/c1-8-6-9(7-15)13-14(8)11-5-3-2-4-10(11)12/h2-6,15H,7H2,1H3. The van der Waals surface area contributed by atoms with Gasteiger partial charge in [-0.05, 0) is 25.1 Å². The molecule has 0 bridgehead atoms. The molecule has 1 aromatic carbocycles. The Bertz CT molecular complexity index is 479. The number of para-hydroxylation sites is 1. The number of hydrogen-bond donors (Lipinski definition) is 1. The maximum atomic E-state index is 13.4. The van der Waals surface area contributed by atoms with Crippen LogP contribution >= 0.6 is 0 Å². The largest absolute Gasteiger partial charge is 0.390 e. The van der Waals surface area contributed by atoms with Crippen molar-refractivity contribution in [2.75, 3.05) is 0 Å². The molecule has 1 heterocycles. The van der Waals surface area contributed by atoms with Crippen LogP contribution in [0.4, 0.5) is 4.39 Å².